The largest absolute Gasteiger partial charge is 0.394 e. The Balaban J connectivity index is 2.09. The van der Waals surface area contributed by atoms with E-state index in [0.717, 1.165) is 0 Å². The van der Waals surface area contributed by atoms with Crippen LogP contribution in [0.3, 0.4) is 0 Å². The summed E-state index contributed by atoms with van der Waals surface area (Å²) < 4.78 is 54.8. The van der Waals surface area contributed by atoms with Crippen molar-refractivity contribution in [1.82, 2.24) is 0 Å². The van der Waals surface area contributed by atoms with Crippen molar-refractivity contribution in [3.8, 4) is 0 Å². The van der Waals surface area contributed by atoms with Gasteiger partial charge in [0.2, 0.25) is 0 Å². The summed E-state index contributed by atoms with van der Waals surface area (Å²) in [5, 5.41) is 0. The first-order valence-corrected chi connectivity index (χ1v) is 4.60. The summed E-state index contributed by atoms with van der Waals surface area (Å²) in [5.41, 5.74) is -1.61. The van der Waals surface area contributed by atoms with Crippen LogP contribution in [0.5, 0.6) is 0 Å². The van der Waals surface area contributed by atoms with E-state index in [1.165, 1.54) is 0 Å². The topological polar surface area (TPSA) is 37.3 Å². The molecule has 3 aliphatic carbocycles. The molecule has 0 spiro atoms. The summed E-state index contributed by atoms with van der Waals surface area (Å²) in [6, 6.07) is 0. The molecule has 0 aliphatic heterocycles. The molecule has 3 fully saturated rings. The highest BCUT2D eigenvalue weighted by Gasteiger charge is 2.80. The van der Waals surface area contributed by atoms with Gasteiger partial charge in [-0.3, -0.25) is 0 Å². The molecule has 3 aliphatic rings. The van der Waals surface area contributed by atoms with Crippen LogP contribution in [-0.2, 0) is 11.1 Å². The molecule has 0 aromatic heterocycles. The van der Waals surface area contributed by atoms with Gasteiger partial charge in [-0.05, 0) is 19.3 Å². The normalized spacial score (nSPS) is 47.7. The summed E-state index contributed by atoms with van der Waals surface area (Å²) in [7, 11) is 0. The minimum atomic E-state index is -4.19. The third-order valence-electron chi connectivity index (χ3n) is 2.95. The van der Waals surface area contributed by atoms with Crippen LogP contribution in [0.15, 0.2) is 0 Å². The van der Waals surface area contributed by atoms with Crippen LogP contribution in [0.25, 0.3) is 0 Å². The van der Waals surface area contributed by atoms with Gasteiger partial charge < -0.3 is 4.55 Å². The third kappa shape index (κ3) is 0.724. The first-order valence-electron chi connectivity index (χ1n) is 3.49. The van der Waals surface area contributed by atoms with E-state index in [9.17, 15) is 17.4 Å². The zero-order chi connectivity index (χ0) is 9.20. The molecule has 0 saturated heterocycles. The SMILES string of the molecule is O=S(O)C12CC(C(F)(F)F)(C1)C2. The second kappa shape index (κ2) is 1.87. The van der Waals surface area contributed by atoms with E-state index in [2.05, 4.69) is 0 Å². The fourth-order valence-electron chi connectivity index (χ4n) is 2.18. The second-order valence-electron chi connectivity index (χ2n) is 3.74. The summed E-state index contributed by atoms with van der Waals surface area (Å²) in [5.74, 6) is 0. The van der Waals surface area contributed by atoms with Crippen LogP contribution >= 0.6 is 0 Å². The molecule has 0 radical (unpaired) electrons. The van der Waals surface area contributed by atoms with Crippen molar-refractivity contribution in [2.45, 2.75) is 30.2 Å². The summed E-state index contributed by atoms with van der Waals surface area (Å²) >= 11 is -2.08. The predicted octanol–water partition coefficient (Wildman–Crippen LogP) is 1.69. The molecule has 2 bridgehead atoms. The van der Waals surface area contributed by atoms with E-state index in [1.54, 1.807) is 0 Å². The Morgan fingerprint density at radius 2 is 1.67 bits per heavy atom. The Kier molecular flexibility index (Phi) is 1.32. The number of alkyl halides is 3. The number of halogens is 3. The van der Waals surface area contributed by atoms with Gasteiger partial charge in [-0.2, -0.15) is 13.2 Å². The van der Waals surface area contributed by atoms with Crippen molar-refractivity contribution in [3.63, 3.8) is 0 Å². The van der Waals surface area contributed by atoms with Gasteiger partial charge in [-0.25, -0.2) is 4.21 Å². The summed E-state index contributed by atoms with van der Waals surface area (Å²) in [4.78, 5) is 0. The van der Waals surface area contributed by atoms with E-state index in [4.69, 9.17) is 4.55 Å². The molecule has 3 rings (SSSR count). The molecule has 0 aromatic carbocycles. The quantitative estimate of drug-likeness (QED) is 0.654. The van der Waals surface area contributed by atoms with Crippen molar-refractivity contribution in [2.75, 3.05) is 0 Å². The Hall–Kier alpha value is -0.100. The van der Waals surface area contributed by atoms with Crippen molar-refractivity contribution in [2.24, 2.45) is 5.41 Å². The van der Waals surface area contributed by atoms with Crippen LogP contribution in [0.1, 0.15) is 19.3 Å². The summed E-state index contributed by atoms with van der Waals surface area (Å²) in [6.07, 6.45) is -4.67. The van der Waals surface area contributed by atoms with E-state index in [0.29, 0.717) is 0 Å². The number of rotatable bonds is 1. The zero-order valence-electron chi connectivity index (χ0n) is 6.02. The number of hydrogen-bond acceptors (Lipinski definition) is 1. The lowest BCUT2D eigenvalue weighted by molar-refractivity contribution is -0.314. The summed E-state index contributed by atoms with van der Waals surface area (Å²) in [6.45, 7) is 0. The first kappa shape index (κ1) is 8.50. The lowest BCUT2D eigenvalue weighted by Gasteiger charge is -2.68. The molecule has 1 unspecified atom stereocenters. The third-order valence-corrected chi connectivity index (χ3v) is 4.13. The van der Waals surface area contributed by atoms with E-state index in [1.807, 2.05) is 0 Å². The Bertz CT molecular complexity index is 240. The van der Waals surface area contributed by atoms with Crippen molar-refractivity contribution in [1.29, 1.82) is 0 Å². The van der Waals surface area contributed by atoms with Crippen molar-refractivity contribution >= 4 is 11.1 Å². The maximum absolute atomic E-state index is 12.2. The van der Waals surface area contributed by atoms with Gasteiger partial charge in [0.1, 0.15) is 0 Å². The van der Waals surface area contributed by atoms with E-state index < -0.39 is 27.4 Å². The average Bonchev–Trinajstić information content (AvgIpc) is 1.46. The van der Waals surface area contributed by atoms with Crippen LogP contribution in [0.2, 0.25) is 0 Å². The molecule has 0 amide bonds. The van der Waals surface area contributed by atoms with Crippen molar-refractivity contribution < 1.29 is 21.9 Å². The van der Waals surface area contributed by atoms with E-state index in [-0.39, 0.29) is 19.3 Å². The van der Waals surface area contributed by atoms with Gasteiger partial charge in [-0.1, -0.05) is 0 Å². The van der Waals surface area contributed by atoms with Crippen LogP contribution < -0.4 is 0 Å². The second-order valence-corrected chi connectivity index (χ2v) is 5.10. The van der Waals surface area contributed by atoms with Gasteiger partial charge in [0, 0.05) is 0 Å². The van der Waals surface area contributed by atoms with Crippen LogP contribution in [-0.4, -0.2) is 19.7 Å². The zero-order valence-corrected chi connectivity index (χ0v) is 6.84. The molecule has 6 heteroatoms. The fourth-order valence-corrected chi connectivity index (χ4v) is 3.38. The van der Waals surface area contributed by atoms with Gasteiger partial charge in [-0.15, -0.1) is 0 Å². The highest BCUT2D eigenvalue weighted by Crippen LogP contribution is 2.75. The molecule has 3 saturated carbocycles. The molecular formula is C6H7F3O2S. The predicted molar refractivity (Wildman–Crippen MR) is 35.8 cm³/mol. The average molecular weight is 200 g/mol. The Morgan fingerprint density at radius 1 is 1.25 bits per heavy atom. The molecule has 0 heterocycles. The minimum absolute atomic E-state index is 0.160. The highest BCUT2D eigenvalue weighted by molar-refractivity contribution is 7.81. The lowest BCUT2D eigenvalue weighted by atomic mass is 9.43. The molecule has 2 nitrogen and oxygen atoms in total. The monoisotopic (exact) mass is 200 g/mol. The van der Waals surface area contributed by atoms with Gasteiger partial charge >= 0.3 is 6.18 Å². The first-order chi connectivity index (χ1) is 5.31. The maximum Gasteiger partial charge on any atom is 0.394 e. The molecule has 0 aromatic rings. The molecule has 70 valence electrons. The van der Waals surface area contributed by atoms with Crippen LogP contribution in [0, 0.1) is 5.41 Å². The molecule has 1 N–H and O–H groups in total. The Morgan fingerprint density at radius 3 is 1.92 bits per heavy atom. The smallest absolute Gasteiger partial charge is 0.306 e. The molecular weight excluding hydrogens is 193 g/mol. The Labute approximate surface area is 69.4 Å². The molecule has 1 atom stereocenters. The van der Waals surface area contributed by atoms with E-state index >= 15 is 0 Å². The highest BCUT2D eigenvalue weighted by atomic mass is 32.2. The lowest BCUT2D eigenvalue weighted by Crippen LogP contribution is -2.74. The minimum Gasteiger partial charge on any atom is -0.306 e. The van der Waals surface area contributed by atoms with Crippen LogP contribution in [0.4, 0.5) is 13.2 Å². The van der Waals surface area contributed by atoms with Gasteiger partial charge in [0.15, 0.2) is 11.1 Å². The van der Waals surface area contributed by atoms with Crippen molar-refractivity contribution in [3.05, 3.63) is 0 Å². The van der Waals surface area contributed by atoms with Gasteiger partial charge in [0.25, 0.3) is 0 Å². The maximum atomic E-state index is 12.2. The standard InChI is InChI=1S/C6H7F3O2S/c7-6(8,9)4-1-5(2-4,3-4)12(10)11/h1-3H2,(H,10,11). The van der Waals surface area contributed by atoms with Gasteiger partial charge in [0.05, 0.1) is 10.2 Å². The number of hydrogen-bond donors (Lipinski definition) is 1. The molecule has 12 heavy (non-hydrogen) atoms. The fraction of sp³-hybridized carbons (Fsp3) is 1.00.